The molecule has 0 amide bonds. The first-order chi connectivity index (χ1) is 6.25. The summed E-state index contributed by atoms with van der Waals surface area (Å²) < 4.78 is 5.13. The van der Waals surface area contributed by atoms with Crippen LogP contribution in [0.15, 0.2) is 0 Å². The van der Waals surface area contributed by atoms with Gasteiger partial charge in [-0.25, -0.2) is 0 Å². The van der Waals surface area contributed by atoms with Crippen LogP contribution in [0.1, 0.15) is 19.8 Å². The summed E-state index contributed by atoms with van der Waals surface area (Å²) in [4.78, 5) is 12.8. The van der Waals surface area contributed by atoms with E-state index in [-0.39, 0.29) is 0 Å². The zero-order valence-corrected chi connectivity index (χ0v) is 8.03. The van der Waals surface area contributed by atoms with Gasteiger partial charge in [0.25, 0.3) is 0 Å². The monoisotopic (exact) mass is 187 g/mol. The molecule has 1 fully saturated rings. The first-order valence-corrected chi connectivity index (χ1v) is 4.80. The summed E-state index contributed by atoms with van der Waals surface area (Å²) in [6.45, 7) is 4.72. The predicted octanol–water partition coefficient (Wildman–Crippen LogP) is 0.572. The van der Waals surface area contributed by atoms with Gasteiger partial charge in [-0.3, -0.25) is 9.69 Å². The van der Waals surface area contributed by atoms with Crippen molar-refractivity contribution < 1.29 is 14.6 Å². The quantitative estimate of drug-likeness (QED) is 0.699. The molecule has 0 bridgehead atoms. The van der Waals surface area contributed by atoms with Crippen LogP contribution in [0.2, 0.25) is 0 Å². The summed E-state index contributed by atoms with van der Waals surface area (Å²) in [5, 5.41) is 8.89. The molecule has 1 saturated heterocycles. The van der Waals surface area contributed by atoms with Gasteiger partial charge in [0.1, 0.15) is 6.04 Å². The number of ether oxygens (including phenoxy) is 1. The second-order valence-corrected chi connectivity index (χ2v) is 3.32. The summed E-state index contributed by atoms with van der Waals surface area (Å²) in [5.41, 5.74) is 0. The van der Waals surface area contributed by atoms with E-state index in [1.165, 1.54) is 0 Å². The molecule has 13 heavy (non-hydrogen) atoms. The van der Waals surface area contributed by atoms with Crippen molar-refractivity contribution in [3.8, 4) is 0 Å². The molecular weight excluding hydrogens is 170 g/mol. The molecule has 1 aliphatic heterocycles. The van der Waals surface area contributed by atoms with Crippen molar-refractivity contribution in [2.45, 2.75) is 25.8 Å². The van der Waals surface area contributed by atoms with Crippen LogP contribution < -0.4 is 0 Å². The van der Waals surface area contributed by atoms with E-state index < -0.39 is 12.0 Å². The smallest absolute Gasteiger partial charge is 0.323 e. The van der Waals surface area contributed by atoms with Gasteiger partial charge < -0.3 is 9.84 Å². The molecule has 0 aliphatic carbocycles. The van der Waals surface area contributed by atoms with Crippen LogP contribution in [-0.2, 0) is 9.53 Å². The van der Waals surface area contributed by atoms with E-state index in [4.69, 9.17) is 9.84 Å². The van der Waals surface area contributed by atoms with Gasteiger partial charge in [-0.2, -0.15) is 0 Å². The minimum atomic E-state index is -0.768. The van der Waals surface area contributed by atoms with E-state index in [1.54, 1.807) is 0 Å². The number of unbranched alkanes of at least 4 members (excludes halogenated alkanes) is 1. The van der Waals surface area contributed by atoms with Crippen molar-refractivity contribution in [2.75, 3.05) is 26.3 Å². The fourth-order valence-electron chi connectivity index (χ4n) is 1.49. The van der Waals surface area contributed by atoms with E-state index in [0.29, 0.717) is 13.2 Å². The fourth-order valence-corrected chi connectivity index (χ4v) is 1.49. The third-order valence-corrected chi connectivity index (χ3v) is 2.32. The first-order valence-electron chi connectivity index (χ1n) is 4.80. The molecule has 0 radical (unpaired) electrons. The van der Waals surface area contributed by atoms with E-state index in [0.717, 1.165) is 25.9 Å². The average molecular weight is 187 g/mol. The van der Waals surface area contributed by atoms with E-state index >= 15 is 0 Å². The number of nitrogens with zero attached hydrogens (tertiary/aromatic N) is 1. The molecule has 0 aromatic rings. The van der Waals surface area contributed by atoms with Gasteiger partial charge in [0, 0.05) is 6.54 Å². The Morgan fingerprint density at radius 3 is 3.08 bits per heavy atom. The summed E-state index contributed by atoms with van der Waals surface area (Å²) in [5.74, 6) is -0.768. The van der Waals surface area contributed by atoms with Gasteiger partial charge in [-0.1, -0.05) is 13.3 Å². The maximum Gasteiger partial charge on any atom is 0.323 e. The number of rotatable bonds is 4. The van der Waals surface area contributed by atoms with E-state index in [9.17, 15) is 4.79 Å². The highest BCUT2D eigenvalue weighted by molar-refractivity contribution is 5.73. The molecule has 0 saturated carbocycles. The normalized spacial score (nSPS) is 24.5. The largest absolute Gasteiger partial charge is 0.480 e. The number of aliphatic carboxylic acids is 1. The molecule has 1 N–H and O–H groups in total. The molecule has 4 heteroatoms. The van der Waals surface area contributed by atoms with Gasteiger partial charge in [0.2, 0.25) is 0 Å². The highest BCUT2D eigenvalue weighted by Crippen LogP contribution is 2.08. The van der Waals surface area contributed by atoms with Crippen LogP contribution in [0.5, 0.6) is 0 Å². The van der Waals surface area contributed by atoms with Crippen molar-refractivity contribution in [3.05, 3.63) is 0 Å². The summed E-state index contributed by atoms with van der Waals surface area (Å²) in [7, 11) is 0. The van der Waals surface area contributed by atoms with Crippen LogP contribution >= 0.6 is 0 Å². The number of hydrogen-bond donors (Lipinski definition) is 1. The molecule has 76 valence electrons. The Hall–Kier alpha value is -0.610. The molecule has 1 atom stereocenters. The molecule has 4 nitrogen and oxygen atoms in total. The lowest BCUT2D eigenvalue weighted by atomic mass is 10.2. The molecule has 0 spiro atoms. The molecule has 0 aromatic carbocycles. The standard InChI is InChI=1S/C9H17NO3/c1-2-3-4-10-5-6-13-7-8(10)9(11)12/h8H,2-7H2,1H3,(H,11,12). The van der Waals surface area contributed by atoms with Crippen molar-refractivity contribution in [2.24, 2.45) is 0 Å². The maximum atomic E-state index is 10.8. The fraction of sp³-hybridized carbons (Fsp3) is 0.889. The third-order valence-electron chi connectivity index (χ3n) is 2.32. The van der Waals surface area contributed by atoms with Gasteiger partial charge in [-0.05, 0) is 13.0 Å². The van der Waals surface area contributed by atoms with E-state index in [2.05, 4.69) is 6.92 Å². The SMILES string of the molecule is CCCCN1CCOCC1C(=O)O. The van der Waals surface area contributed by atoms with Crippen molar-refractivity contribution >= 4 is 5.97 Å². The van der Waals surface area contributed by atoms with Gasteiger partial charge in [0.05, 0.1) is 13.2 Å². The van der Waals surface area contributed by atoms with Crippen LogP contribution in [-0.4, -0.2) is 48.3 Å². The minimum absolute atomic E-state index is 0.332. The first kappa shape index (κ1) is 10.5. The molecule has 1 aliphatic rings. The van der Waals surface area contributed by atoms with E-state index in [1.807, 2.05) is 4.90 Å². The zero-order valence-electron chi connectivity index (χ0n) is 8.03. The average Bonchev–Trinajstić information content (AvgIpc) is 2.15. The Bertz CT molecular complexity index is 172. The van der Waals surface area contributed by atoms with Crippen LogP contribution in [0, 0.1) is 0 Å². The Balaban J connectivity index is 2.41. The molecule has 1 rings (SSSR count). The number of carboxylic acids is 1. The lowest BCUT2D eigenvalue weighted by Crippen LogP contribution is -2.50. The Kier molecular flexibility index (Phi) is 4.18. The maximum absolute atomic E-state index is 10.8. The Morgan fingerprint density at radius 1 is 1.69 bits per heavy atom. The third kappa shape index (κ3) is 2.97. The highest BCUT2D eigenvalue weighted by atomic mass is 16.5. The lowest BCUT2D eigenvalue weighted by Gasteiger charge is -2.32. The number of morpholine rings is 1. The summed E-state index contributed by atoms with van der Waals surface area (Å²) in [6.07, 6.45) is 2.16. The van der Waals surface area contributed by atoms with Gasteiger partial charge >= 0.3 is 5.97 Å². The van der Waals surface area contributed by atoms with Gasteiger partial charge in [0.15, 0.2) is 0 Å². The molecule has 1 heterocycles. The predicted molar refractivity (Wildman–Crippen MR) is 48.7 cm³/mol. The van der Waals surface area contributed by atoms with Crippen LogP contribution in [0.3, 0.4) is 0 Å². The lowest BCUT2D eigenvalue weighted by molar-refractivity contribution is -0.149. The molecule has 1 unspecified atom stereocenters. The highest BCUT2D eigenvalue weighted by Gasteiger charge is 2.28. The molecule has 0 aromatic heterocycles. The second-order valence-electron chi connectivity index (χ2n) is 3.32. The van der Waals surface area contributed by atoms with Crippen LogP contribution in [0.4, 0.5) is 0 Å². The Labute approximate surface area is 78.5 Å². The topological polar surface area (TPSA) is 49.8 Å². The number of carbonyl (C=O) groups is 1. The zero-order chi connectivity index (χ0) is 9.68. The minimum Gasteiger partial charge on any atom is -0.480 e. The van der Waals surface area contributed by atoms with Crippen LogP contribution in [0.25, 0.3) is 0 Å². The second kappa shape index (κ2) is 5.19. The van der Waals surface area contributed by atoms with Gasteiger partial charge in [-0.15, -0.1) is 0 Å². The number of carboxylic acid groups (broad SMARTS) is 1. The molecular formula is C9H17NO3. The van der Waals surface area contributed by atoms with Crippen molar-refractivity contribution in [1.82, 2.24) is 4.90 Å². The van der Waals surface area contributed by atoms with Crippen molar-refractivity contribution in [1.29, 1.82) is 0 Å². The van der Waals surface area contributed by atoms with Crippen molar-refractivity contribution in [3.63, 3.8) is 0 Å². The summed E-state index contributed by atoms with van der Waals surface area (Å²) >= 11 is 0. The number of hydrogen-bond acceptors (Lipinski definition) is 3. The summed E-state index contributed by atoms with van der Waals surface area (Å²) in [6, 6.07) is -0.430. The Morgan fingerprint density at radius 2 is 2.46 bits per heavy atom.